The van der Waals surface area contributed by atoms with E-state index >= 15 is 0 Å². The quantitative estimate of drug-likeness (QED) is 0.940. The number of aromatic nitrogens is 2. The van der Waals surface area contributed by atoms with Gasteiger partial charge in [-0.05, 0) is 11.6 Å². The maximum atomic E-state index is 12.9. The number of rotatable bonds is 3. The summed E-state index contributed by atoms with van der Waals surface area (Å²) in [7, 11) is 0. The van der Waals surface area contributed by atoms with Crippen LogP contribution in [-0.2, 0) is 6.18 Å². The molecule has 0 spiro atoms. The molecule has 2 N–H and O–H groups in total. The van der Waals surface area contributed by atoms with Crippen molar-refractivity contribution in [2.24, 2.45) is 5.73 Å². The highest BCUT2D eigenvalue weighted by Gasteiger charge is 2.35. The highest BCUT2D eigenvalue weighted by Crippen LogP contribution is 2.35. The molecule has 4 nitrogen and oxygen atoms in total. The highest BCUT2D eigenvalue weighted by molar-refractivity contribution is 5.35. The molecule has 0 aliphatic rings. The van der Waals surface area contributed by atoms with Gasteiger partial charge in [-0.1, -0.05) is 37.2 Å². The Kier molecular flexibility index (Phi) is 3.80. The van der Waals surface area contributed by atoms with Gasteiger partial charge >= 0.3 is 6.18 Å². The molecule has 0 radical (unpaired) electrons. The van der Waals surface area contributed by atoms with Crippen LogP contribution in [0.3, 0.4) is 0 Å². The first-order valence-electron chi connectivity index (χ1n) is 6.06. The first-order chi connectivity index (χ1) is 9.30. The molecular formula is C13H14F3N3O. The van der Waals surface area contributed by atoms with E-state index in [2.05, 4.69) is 10.1 Å². The van der Waals surface area contributed by atoms with Crippen LogP contribution in [0.2, 0.25) is 0 Å². The predicted molar refractivity (Wildman–Crippen MR) is 65.9 cm³/mol. The molecule has 1 aromatic carbocycles. The lowest BCUT2D eigenvalue weighted by Crippen LogP contribution is -2.19. The standard InChI is InChI=1S/C13H14F3N3O/c1-7(2)12-18-11(19-20-12)10(17)8-5-3-4-6-9(8)13(14,15)16/h3-7,10H,17H2,1-2H3. The van der Waals surface area contributed by atoms with Gasteiger partial charge in [-0.25, -0.2) is 0 Å². The molecule has 108 valence electrons. The van der Waals surface area contributed by atoms with E-state index in [1.165, 1.54) is 18.2 Å². The molecule has 0 amide bonds. The summed E-state index contributed by atoms with van der Waals surface area (Å²) in [6, 6.07) is 4.03. The molecule has 7 heteroatoms. The van der Waals surface area contributed by atoms with Crippen LogP contribution in [0.15, 0.2) is 28.8 Å². The van der Waals surface area contributed by atoms with E-state index in [4.69, 9.17) is 10.3 Å². The van der Waals surface area contributed by atoms with E-state index in [0.29, 0.717) is 5.89 Å². The third-order valence-electron chi connectivity index (χ3n) is 2.83. The number of nitrogens with two attached hydrogens (primary N) is 1. The zero-order chi connectivity index (χ0) is 14.9. The fourth-order valence-electron chi connectivity index (χ4n) is 1.77. The van der Waals surface area contributed by atoms with Crippen LogP contribution >= 0.6 is 0 Å². The number of alkyl halides is 3. The molecule has 0 saturated carbocycles. The smallest absolute Gasteiger partial charge is 0.339 e. The van der Waals surface area contributed by atoms with E-state index in [9.17, 15) is 13.2 Å². The normalized spacial score (nSPS) is 13.8. The third kappa shape index (κ3) is 2.82. The van der Waals surface area contributed by atoms with E-state index in [0.717, 1.165) is 6.07 Å². The van der Waals surface area contributed by atoms with Gasteiger partial charge < -0.3 is 10.3 Å². The van der Waals surface area contributed by atoms with Crippen LogP contribution in [0.5, 0.6) is 0 Å². The van der Waals surface area contributed by atoms with E-state index in [1.54, 1.807) is 0 Å². The molecule has 1 atom stereocenters. The fourth-order valence-corrected chi connectivity index (χ4v) is 1.77. The SMILES string of the molecule is CC(C)c1nc(C(N)c2ccccc2C(F)(F)F)no1. The second kappa shape index (κ2) is 5.24. The third-order valence-corrected chi connectivity index (χ3v) is 2.83. The van der Waals surface area contributed by atoms with Gasteiger partial charge in [0.15, 0.2) is 5.82 Å². The molecule has 0 saturated heterocycles. The maximum absolute atomic E-state index is 12.9. The minimum absolute atomic E-state index is 0.0127. The molecule has 0 aliphatic carbocycles. The Labute approximate surface area is 113 Å². The molecule has 0 aliphatic heterocycles. The minimum atomic E-state index is -4.47. The van der Waals surface area contributed by atoms with Crippen LogP contribution < -0.4 is 5.73 Å². The lowest BCUT2D eigenvalue weighted by atomic mass is 10.00. The summed E-state index contributed by atoms with van der Waals surface area (Å²) in [5.74, 6) is 0.381. The summed E-state index contributed by atoms with van der Waals surface area (Å²) in [6.07, 6.45) is -4.47. The van der Waals surface area contributed by atoms with Crippen molar-refractivity contribution in [3.05, 3.63) is 47.1 Å². The van der Waals surface area contributed by atoms with Gasteiger partial charge in [-0.15, -0.1) is 0 Å². The molecule has 0 fully saturated rings. The lowest BCUT2D eigenvalue weighted by Gasteiger charge is -2.15. The van der Waals surface area contributed by atoms with Crippen LogP contribution in [0.1, 0.15) is 48.6 Å². The van der Waals surface area contributed by atoms with Gasteiger partial charge in [0.25, 0.3) is 0 Å². The zero-order valence-corrected chi connectivity index (χ0v) is 11.0. The summed E-state index contributed by atoms with van der Waals surface area (Å²) in [5, 5.41) is 3.66. The summed E-state index contributed by atoms with van der Waals surface area (Å²) in [5.41, 5.74) is 4.98. The summed E-state index contributed by atoms with van der Waals surface area (Å²) >= 11 is 0. The van der Waals surface area contributed by atoms with Gasteiger partial charge in [0, 0.05) is 5.92 Å². The number of hydrogen-bond acceptors (Lipinski definition) is 4. The largest absolute Gasteiger partial charge is 0.416 e. The number of nitrogens with zero attached hydrogens (tertiary/aromatic N) is 2. The van der Waals surface area contributed by atoms with Crippen molar-refractivity contribution < 1.29 is 17.7 Å². The Morgan fingerprint density at radius 3 is 2.40 bits per heavy atom. The average molecular weight is 285 g/mol. The Hall–Kier alpha value is -1.89. The Morgan fingerprint density at radius 1 is 1.20 bits per heavy atom. The van der Waals surface area contributed by atoms with Gasteiger partial charge in [0.1, 0.15) is 0 Å². The van der Waals surface area contributed by atoms with Crippen molar-refractivity contribution in [3.63, 3.8) is 0 Å². The van der Waals surface area contributed by atoms with Crippen LogP contribution in [0, 0.1) is 0 Å². The molecule has 0 bridgehead atoms. The molecule has 20 heavy (non-hydrogen) atoms. The summed E-state index contributed by atoms with van der Waals surface area (Å²) in [4.78, 5) is 4.04. The second-order valence-corrected chi connectivity index (χ2v) is 4.71. The molecule has 2 aromatic rings. The Morgan fingerprint density at radius 2 is 1.85 bits per heavy atom. The lowest BCUT2D eigenvalue weighted by molar-refractivity contribution is -0.138. The van der Waals surface area contributed by atoms with Crippen LogP contribution in [0.25, 0.3) is 0 Å². The first-order valence-corrected chi connectivity index (χ1v) is 6.06. The van der Waals surface area contributed by atoms with Gasteiger partial charge in [-0.2, -0.15) is 18.2 Å². The Balaban J connectivity index is 2.40. The minimum Gasteiger partial charge on any atom is -0.339 e. The van der Waals surface area contributed by atoms with Crippen LogP contribution in [0.4, 0.5) is 13.2 Å². The number of halogens is 3. The van der Waals surface area contributed by atoms with E-state index < -0.39 is 17.8 Å². The van der Waals surface area contributed by atoms with Crippen molar-refractivity contribution in [1.82, 2.24) is 10.1 Å². The van der Waals surface area contributed by atoms with Gasteiger partial charge in [0.05, 0.1) is 11.6 Å². The van der Waals surface area contributed by atoms with Crippen molar-refractivity contribution in [2.75, 3.05) is 0 Å². The molecule has 1 unspecified atom stereocenters. The average Bonchev–Trinajstić information content (AvgIpc) is 2.86. The molecule has 1 heterocycles. The maximum Gasteiger partial charge on any atom is 0.416 e. The highest BCUT2D eigenvalue weighted by atomic mass is 19.4. The fraction of sp³-hybridized carbons (Fsp3) is 0.385. The monoisotopic (exact) mass is 285 g/mol. The Bertz CT molecular complexity index is 593. The zero-order valence-electron chi connectivity index (χ0n) is 11.0. The molecule has 1 aromatic heterocycles. The number of hydrogen-bond donors (Lipinski definition) is 1. The topological polar surface area (TPSA) is 64.9 Å². The first kappa shape index (κ1) is 14.5. The van der Waals surface area contributed by atoms with Gasteiger partial charge in [0.2, 0.25) is 5.89 Å². The number of benzene rings is 1. The predicted octanol–water partition coefficient (Wildman–Crippen LogP) is 3.26. The van der Waals surface area contributed by atoms with Crippen LogP contribution in [-0.4, -0.2) is 10.1 Å². The van der Waals surface area contributed by atoms with Crippen molar-refractivity contribution in [1.29, 1.82) is 0 Å². The van der Waals surface area contributed by atoms with Crippen molar-refractivity contribution in [2.45, 2.75) is 32.0 Å². The molecule has 2 rings (SSSR count). The molecular weight excluding hydrogens is 271 g/mol. The summed E-state index contributed by atoms with van der Waals surface area (Å²) < 4.78 is 43.8. The second-order valence-electron chi connectivity index (χ2n) is 4.71. The van der Waals surface area contributed by atoms with E-state index in [1.807, 2.05) is 13.8 Å². The van der Waals surface area contributed by atoms with Crippen molar-refractivity contribution in [3.8, 4) is 0 Å². The van der Waals surface area contributed by atoms with Crippen molar-refractivity contribution >= 4 is 0 Å². The summed E-state index contributed by atoms with van der Waals surface area (Å²) in [6.45, 7) is 3.68. The van der Waals surface area contributed by atoms with E-state index in [-0.39, 0.29) is 17.3 Å². The van der Waals surface area contributed by atoms with Gasteiger partial charge in [-0.3, -0.25) is 0 Å².